The molecule has 0 saturated heterocycles. The number of aryl methyl sites for hydroxylation is 2. The summed E-state index contributed by atoms with van der Waals surface area (Å²) < 4.78 is 0. The van der Waals surface area contributed by atoms with Crippen molar-refractivity contribution in [3.63, 3.8) is 0 Å². The fourth-order valence-corrected chi connectivity index (χ4v) is 2.68. The van der Waals surface area contributed by atoms with Crippen molar-refractivity contribution >= 4 is 35.0 Å². The number of thioether (sulfide) groups is 1. The van der Waals surface area contributed by atoms with Crippen molar-refractivity contribution in [3.05, 3.63) is 21.4 Å². The van der Waals surface area contributed by atoms with Gasteiger partial charge in [0.2, 0.25) is 0 Å². The molecule has 1 rings (SSSR count). The largest absolute Gasteiger partial charge is 0.481 e. The van der Waals surface area contributed by atoms with Gasteiger partial charge in [-0.3, -0.25) is 9.59 Å². The van der Waals surface area contributed by atoms with E-state index in [0.717, 1.165) is 10.4 Å². The van der Waals surface area contributed by atoms with Crippen LogP contribution in [0.25, 0.3) is 0 Å². The van der Waals surface area contributed by atoms with Crippen LogP contribution < -0.4 is 5.32 Å². The SMILES string of the molecule is Cc1cc(C(=O)NCCSCC(=O)O)sc1C. The molecule has 4 nitrogen and oxygen atoms in total. The average molecular weight is 273 g/mol. The highest BCUT2D eigenvalue weighted by Gasteiger charge is 2.09. The maximum Gasteiger partial charge on any atom is 0.313 e. The van der Waals surface area contributed by atoms with E-state index < -0.39 is 5.97 Å². The van der Waals surface area contributed by atoms with E-state index in [1.807, 2.05) is 19.9 Å². The van der Waals surface area contributed by atoms with Gasteiger partial charge in [-0.1, -0.05) is 0 Å². The van der Waals surface area contributed by atoms with Gasteiger partial charge in [0, 0.05) is 17.2 Å². The molecule has 0 saturated carbocycles. The second kappa shape index (κ2) is 6.66. The summed E-state index contributed by atoms with van der Waals surface area (Å²) in [4.78, 5) is 23.8. The van der Waals surface area contributed by atoms with E-state index in [9.17, 15) is 9.59 Å². The highest BCUT2D eigenvalue weighted by atomic mass is 32.2. The van der Waals surface area contributed by atoms with Crippen molar-refractivity contribution < 1.29 is 14.7 Å². The van der Waals surface area contributed by atoms with Gasteiger partial charge in [0.25, 0.3) is 5.91 Å². The molecule has 1 aromatic heterocycles. The Bertz CT molecular complexity index is 395. The van der Waals surface area contributed by atoms with E-state index in [4.69, 9.17) is 5.11 Å². The quantitative estimate of drug-likeness (QED) is 0.777. The molecule has 2 N–H and O–H groups in total. The van der Waals surface area contributed by atoms with Gasteiger partial charge in [-0.05, 0) is 25.5 Å². The molecule has 1 amide bonds. The molecular formula is C11H15NO3S2. The highest BCUT2D eigenvalue weighted by molar-refractivity contribution is 7.99. The average Bonchev–Trinajstić information content (AvgIpc) is 2.58. The summed E-state index contributed by atoms with van der Waals surface area (Å²) in [5, 5.41) is 11.2. The molecule has 6 heteroatoms. The molecule has 17 heavy (non-hydrogen) atoms. The fraction of sp³-hybridized carbons (Fsp3) is 0.455. The molecule has 0 unspecified atom stereocenters. The third-order valence-corrected chi connectivity index (χ3v) is 4.24. The van der Waals surface area contributed by atoms with Crippen LogP contribution in [0.1, 0.15) is 20.1 Å². The molecule has 1 heterocycles. The van der Waals surface area contributed by atoms with E-state index >= 15 is 0 Å². The van der Waals surface area contributed by atoms with Crippen LogP contribution >= 0.6 is 23.1 Å². The Morgan fingerprint density at radius 2 is 2.18 bits per heavy atom. The molecule has 0 fully saturated rings. The Morgan fingerprint density at radius 3 is 2.71 bits per heavy atom. The normalized spacial score (nSPS) is 10.2. The summed E-state index contributed by atoms with van der Waals surface area (Å²) in [6.07, 6.45) is 0. The van der Waals surface area contributed by atoms with E-state index in [1.54, 1.807) is 0 Å². The minimum atomic E-state index is -0.828. The van der Waals surface area contributed by atoms with Gasteiger partial charge in [0.15, 0.2) is 0 Å². The molecule has 0 aliphatic carbocycles. The number of carboxylic acids is 1. The van der Waals surface area contributed by atoms with E-state index in [-0.39, 0.29) is 11.7 Å². The first-order valence-electron chi connectivity index (χ1n) is 5.15. The molecule has 0 aliphatic rings. The number of carbonyl (C=O) groups is 2. The number of carboxylic acid groups (broad SMARTS) is 1. The lowest BCUT2D eigenvalue weighted by molar-refractivity contribution is -0.133. The van der Waals surface area contributed by atoms with Crippen LogP contribution in [-0.4, -0.2) is 35.0 Å². The van der Waals surface area contributed by atoms with Crippen molar-refractivity contribution in [2.45, 2.75) is 13.8 Å². The Labute approximate surface area is 108 Å². The second-order valence-electron chi connectivity index (χ2n) is 3.55. The van der Waals surface area contributed by atoms with Crippen molar-refractivity contribution in [1.29, 1.82) is 0 Å². The van der Waals surface area contributed by atoms with Gasteiger partial charge in [0.05, 0.1) is 10.6 Å². The van der Waals surface area contributed by atoms with Crippen LogP contribution in [0.3, 0.4) is 0 Å². The number of hydrogen-bond donors (Lipinski definition) is 2. The molecular weight excluding hydrogens is 258 g/mol. The molecule has 0 aliphatic heterocycles. The maximum absolute atomic E-state index is 11.7. The third kappa shape index (κ3) is 4.79. The topological polar surface area (TPSA) is 66.4 Å². The van der Waals surface area contributed by atoms with Crippen molar-refractivity contribution in [1.82, 2.24) is 5.32 Å². The molecule has 0 atom stereocenters. The minimum absolute atomic E-state index is 0.0765. The van der Waals surface area contributed by atoms with Gasteiger partial charge in [-0.25, -0.2) is 0 Å². The second-order valence-corrected chi connectivity index (χ2v) is 5.91. The lowest BCUT2D eigenvalue weighted by Crippen LogP contribution is -2.25. The van der Waals surface area contributed by atoms with Crippen LogP contribution in [0.5, 0.6) is 0 Å². The van der Waals surface area contributed by atoms with Gasteiger partial charge < -0.3 is 10.4 Å². The number of carbonyl (C=O) groups excluding carboxylic acids is 1. The summed E-state index contributed by atoms with van der Waals surface area (Å²) in [5.41, 5.74) is 1.13. The summed E-state index contributed by atoms with van der Waals surface area (Å²) in [7, 11) is 0. The van der Waals surface area contributed by atoms with Gasteiger partial charge >= 0.3 is 5.97 Å². The van der Waals surface area contributed by atoms with E-state index in [2.05, 4.69) is 5.32 Å². The Morgan fingerprint density at radius 1 is 1.47 bits per heavy atom. The smallest absolute Gasteiger partial charge is 0.313 e. The number of nitrogens with one attached hydrogen (secondary N) is 1. The van der Waals surface area contributed by atoms with Crippen LogP contribution in [0.4, 0.5) is 0 Å². The first-order valence-corrected chi connectivity index (χ1v) is 7.12. The van der Waals surface area contributed by atoms with Crippen LogP contribution in [0, 0.1) is 13.8 Å². The van der Waals surface area contributed by atoms with Crippen LogP contribution in [0.15, 0.2) is 6.07 Å². The Balaban J connectivity index is 2.28. The van der Waals surface area contributed by atoms with Crippen molar-refractivity contribution in [3.8, 4) is 0 Å². The first kappa shape index (κ1) is 14.1. The lowest BCUT2D eigenvalue weighted by Gasteiger charge is -2.02. The molecule has 0 radical (unpaired) electrons. The van der Waals surface area contributed by atoms with Crippen molar-refractivity contribution in [2.24, 2.45) is 0 Å². The zero-order valence-corrected chi connectivity index (χ0v) is 11.4. The molecule has 1 aromatic rings. The number of aliphatic carboxylic acids is 1. The third-order valence-electron chi connectivity index (χ3n) is 2.15. The maximum atomic E-state index is 11.7. The monoisotopic (exact) mass is 273 g/mol. The van der Waals surface area contributed by atoms with Crippen LogP contribution in [-0.2, 0) is 4.79 Å². The summed E-state index contributed by atoms with van der Waals surface area (Å²) >= 11 is 2.77. The summed E-state index contributed by atoms with van der Waals surface area (Å²) in [5.74, 6) is -0.220. The van der Waals surface area contributed by atoms with Gasteiger partial charge in [-0.15, -0.1) is 23.1 Å². The molecule has 0 bridgehead atoms. The van der Waals surface area contributed by atoms with Crippen LogP contribution in [0.2, 0.25) is 0 Å². The standard InChI is InChI=1S/C11H15NO3S2/c1-7-5-9(17-8(7)2)11(15)12-3-4-16-6-10(13)14/h5H,3-4,6H2,1-2H3,(H,12,15)(H,13,14). The van der Waals surface area contributed by atoms with Gasteiger partial charge in [0.1, 0.15) is 0 Å². The predicted octanol–water partition coefficient (Wildman–Crippen LogP) is 1.91. The lowest BCUT2D eigenvalue weighted by atomic mass is 10.3. The van der Waals surface area contributed by atoms with E-state index in [1.165, 1.54) is 23.1 Å². The first-order chi connectivity index (χ1) is 8.00. The fourth-order valence-electron chi connectivity index (χ4n) is 1.17. The number of rotatable bonds is 6. The Hall–Kier alpha value is -1.01. The Kier molecular flexibility index (Phi) is 5.50. The van der Waals surface area contributed by atoms with Crippen molar-refractivity contribution in [2.75, 3.05) is 18.1 Å². The molecule has 0 spiro atoms. The minimum Gasteiger partial charge on any atom is -0.481 e. The molecule has 94 valence electrons. The van der Waals surface area contributed by atoms with Gasteiger partial charge in [-0.2, -0.15) is 0 Å². The summed E-state index contributed by atoms with van der Waals surface area (Å²) in [6, 6.07) is 1.87. The van der Waals surface area contributed by atoms with E-state index in [0.29, 0.717) is 17.2 Å². The zero-order valence-electron chi connectivity index (χ0n) is 9.78. The zero-order chi connectivity index (χ0) is 12.8. The summed E-state index contributed by atoms with van der Waals surface area (Å²) in [6.45, 7) is 4.46. The number of hydrogen-bond acceptors (Lipinski definition) is 4. The highest BCUT2D eigenvalue weighted by Crippen LogP contribution is 2.20. The number of amides is 1. The number of thiophene rings is 1. The predicted molar refractivity (Wildman–Crippen MR) is 71.1 cm³/mol. The molecule has 0 aromatic carbocycles.